The second kappa shape index (κ2) is 4.80. The number of nitrogens with zero attached hydrogens (tertiary/aromatic N) is 2. The maximum Gasteiger partial charge on any atom is 0.269 e. The number of hydrogen-bond acceptors (Lipinski definition) is 5. The molecule has 0 aliphatic carbocycles. The Labute approximate surface area is 116 Å². The predicted octanol–water partition coefficient (Wildman–Crippen LogP) is 0.577. The van der Waals surface area contributed by atoms with Crippen molar-refractivity contribution in [2.24, 2.45) is 5.92 Å². The van der Waals surface area contributed by atoms with Gasteiger partial charge in [0.25, 0.3) is 5.69 Å². The van der Waals surface area contributed by atoms with Crippen LogP contribution in [-0.2, 0) is 10.0 Å². The highest BCUT2D eigenvalue weighted by atomic mass is 32.2. The van der Waals surface area contributed by atoms with Crippen molar-refractivity contribution in [3.8, 4) is 0 Å². The van der Waals surface area contributed by atoms with E-state index in [9.17, 15) is 18.5 Å². The summed E-state index contributed by atoms with van der Waals surface area (Å²) in [7, 11) is -3.56. The van der Waals surface area contributed by atoms with Crippen molar-refractivity contribution in [3.63, 3.8) is 0 Å². The van der Waals surface area contributed by atoms with Gasteiger partial charge in [-0.3, -0.25) is 10.1 Å². The second-order valence-electron chi connectivity index (χ2n) is 5.18. The highest BCUT2D eigenvalue weighted by Crippen LogP contribution is 2.28. The Kier molecular flexibility index (Phi) is 3.23. The SMILES string of the molecule is O=[N+]([O-])c1ccc(S(=O)(=O)N2CC[C@@H]3CN[C@@H]3C2)cc1. The summed E-state index contributed by atoms with van der Waals surface area (Å²) in [6, 6.07) is 5.29. The molecule has 0 radical (unpaired) electrons. The van der Waals surface area contributed by atoms with Gasteiger partial charge in [-0.2, -0.15) is 4.31 Å². The first kappa shape index (κ1) is 13.5. The minimum Gasteiger partial charge on any atom is -0.312 e. The fourth-order valence-electron chi connectivity index (χ4n) is 2.70. The van der Waals surface area contributed by atoms with Crippen molar-refractivity contribution in [1.82, 2.24) is 9.62 Å². The Hall–Kier alpha value is -1.51. The van der Waals surface area contributed by atoms with Crippen molar-refractivity contribution in [2.45, 2.75) is 17.4 Å². The van der Waals surface area contributed by atoms with E-state index in [4.69, 9.17) is 0 Å². The number of fused-ring (bicyclic) bond motifs is 1. The number of nitro groups is 1. The molecule has 108 valence electrons. The van der Waals surface area contributed by atoms with E-state index in [1.807, 2.05) is 0 Å². The number of sulfonamides is 1. The monoisotopic (exact) mass is 297 g/mol. The zero-order valence-electron chi connectivity index (χ0n) is 10.7. The summed E-state index contributed by atoms with van der Waals surface area (Å²) in [5.41, 5.74) is -0.108. The van der Waals surface area contributed by atoms with Crippen LogP contribution < -0.4 is 5.32 Å². The third kappa shape index (κ3) is 2.19. The lowest BCUT2D eigenvalue weighted by Gasteiger charge is -2.45. The second-order valence-corrected chi connectivity index (χ2v) is 7.12. The lowest BCUT2D eigenvalue weighted by molar-refractivity contribution is -0.384. The largest absolute Gasteiger partial charge is 0.312 e. The van der Waals surface area contributed by atoms with E-state index in [1.54, 1.807) is 0 Å². The van der Waals surface area contributed by atoms with Gasteiger partial charge in [0.05, 0.1) is 9.82 Å². The molecule has 3 rings (SSSR count). The summed E-state index contributed by atoms with van der Waals surface area (Å²) in [5.74, 6) is 0.582. The average molecular weight is 297 g/mol. The fourth-order valence-corrected chi connectivity index (χ4v) is 4.18. The molecule has 8 heteroatoms. The summed E-state index contributed by atoms with van der Waals surface area (Å²) in [6.07, 6.45) is 0.865. The highest BCUT2D eigenvalue weighted by molar-refractivity contribution is 7.89. The van der Waals surface area contributed by atoms with Crippen LogP contribution in [0, 0.1) is 16.0 Å². The molecule has 0 spiro atoms. The molecule has 2 atom stereocenters. The molecule has 2 fully saturated rings. The van der Waals surface area contributed by atoms with Crippen LogP contribution in [-0.4, -0.2) is 43.3 Å². The van der Waals surface area contributed by atoms with Crippen molar-refractivity contribution < 1.29 is 13.3 Å². The standard InChI is InChI=1S/C12H15N3O4S/c16-15(17)10-1-3-11(4-2-10)20(18,19)14-6-5-9-7-13-12(9)8-14/h1-4,9,12-13H,5-8H2/t9-,12-/m1/s1. The number of nitro benzene ring substituents is 1. The van der Waals surface area contributed by atoms with Crippen molar-refractivity contribution in [3.05, 3.63) is 34.4 Å². The number of hydrogen-bond donors (Lipinski definition) is 1. The lowest BCUT2D eigenvalue weighted by atomic mass is 9.86. The van der Waals surface area contributed by atoms with Crippen LogP contribution in [0.3, 0.4) is 0 Å². The molecule has 2 aliphatic heterocycles. The van der Waals surface area contributed by atoms with E-state index in [1.165, 1.54) is 28.6 Å². The molecule has 0 bridgehead atoms. The number of benzene rings is 1. The van der Waals surface area contributed by atoms with Crippen LogP contribution in [0.25, 0.3) is 0 Å². The Balaban J connectivity index is 1.82. The molecule has 7 nitrogen and oxygen atoms in total. The lowest BCUT2D eigenvalue weighted by Crippen LogP contribution is -2.62. The molecule has 1 N–H and O–H groups in total. The van der Waals surface area contributed by atoms with Crippen LogP contribution in [0.15, 0.2) is 29.2 Å². The molecular weight excluding hydrogens is 282 g/mol. The van der Waals surface area contributed by atoms with Gasteiger partial charge in [-0.1, -0.05) is 0 Å². The maximum atomic E-state index is 12.5. The molecule has 2 heterocycles. The smallest absolute Gasteiger partial charge is 0.269 e. The van der Waals surface area contributed by atoms with Gasteiger partial charge >= 0.3 is 0 Å². The number of non-ortho nitro benzene ring substituents is 1. The molecule has 0 saturated carbocycles. The summed E-state index contributed by atoms with van der Waals surface area (Å²) >= 11 is 0. The fraction of sp³-hybridized carbons (Fsp3) is 0.500. The van der Waals surface area contributed by atoms with E-state index < -0.39 is 14.9 Å². The van der Waals surface area contributed by atoms with Gasteiger partial charge in [-0.05, 0) is 31.0 Å². The van der Waals surface area contributed by atoms with Gasteiger partial charge in [0.15, 0.2) is 0 Å². The molecule has 1 aromatic rings. The minimum atomic E-state index is -3.56. The van der Waals surface area contributed by atoms with Crippen LogP contribution in [0.5, 0.6) is 0 Å². The normalized spacial score (nSPS) is 26.6. The summed E-state index contributed by atoms with van der Waals surface area (Å²) in [5, 5.41) is 13.8. The molecule has 20 heavy (non-hydrogen) atoms. The average Bonchev–Trinajstić information content (AvgIpc) is 2.40. The minimum absolute atomic E-state index is 0.108. The summed E-state index contributed by atoms with van der Waals surface area (Å²) in [6.45, 7) is 1.96. The zero-order valence-corrected chi connectivity index (χ0v) is 11.5. The Morgan fingerprint density at radius 3 is 2.50 bits per heavy atom. The van der Waals surface area contributed by atoms with Crippen molar-refractivity contribution in [2.75, 3.05) is 19.6 Å². The Morgan fingerprint density at radius 1 is 1.30 bits per heavy atom. The van der Waals surface area contributed by atoms with Gasteiger partial charge in [-0.15, -0.1) is 0 Å². The Bertz CT molecular complexity index is 629. The molecule has 1 aromatic carbocycles. The number of rotatable bonds is 3. The van der Waals surface area contributed by atoms with Gasteiger partial charge in [0, 0.05) is 31.3 Å². The maximum absolute atomic E-state index is 12.5. The first-order valence-corrected chi connectivity index (χ1v) is 7.90. The first-order valence-electron chi connectivity index (χ1n) is 6.46. The van der Waals surface area contributed by atoms with Gasteiger partial charge < -0.3 is 5.32 Å². The number of piperidine rings is 1. The van der Waals surface area contributed by atoms with Crippen LogP contribution in [0.4, 0.5) is 5.69 Å². The van der Waals surface area contributed by atoms with Crippen LogP contribution in [0.1, 0.15) is 6.42 Å². The van der Waals surface area contributed by atoms with Crippen LogP contribution >= 0.6 is 0 Å². The molecule has 0 amide bonds. The van der Waals surface area contributed by atoms with E-state index in [0.29, 0.717) is 19.0 Å². The van der Waals surface area contributed by atoms with Crippen molar-refractivity contribution in [1.29, 1.82) is 0 Å². The van der Waals surface area contributed by atoms with Gasteiger partial charge in [0.2, 0.25) is 10.0 Å². The third-order valence-corrected chi connectivity index (χ3v) is 5.93. The van der Waals surface area contributed by atoms with E-state index in [-0.39, 0.29) is 16.6 Å². The number of nitrogens with one attached hydrogen (secondary N) is 1. The van der Waals surface area contributed by atoms with Gasteiger partial charge in [-0.25, -0.2) is 8.42 Å². The molecule has 0 aromatic heterocycles. The topological polar surface area (TPSA) is 92.5 Å². The quantitative estimate of drug-likeness (QED) is 0.650. The molecule has 2 aliphatic rings. The van der Waals surface area contributed by atoms with E-state index >= 15 is 0 Å². The Morgan fingerprint density at radius 2 is 2.00 bits per heavy atom. The van der Waals surface area contributed by atoms with Crippen molar-refractivity contribution >= 4 is 15.7 Å². The molecule has 2 saturated heterocycles. The summed E-state index contributed by atoms with van der Waals surface area (Å²) in [4.78, 5) is 10.2. The molecule has 0 unspecified atom stereocenters. The molecular formula is C12H15N3O4S. The van der Waals surface area contributed by atoms with E-state index in [2.05, 4.69) is 5.32 Å². The van der Waals surface area contributed by atoms with Gasteiger partial charge in [0.1, 0.15) is 0 Å². The van der Waals surface area contributed by atoms with E-state index in [0.717, 1.165) is 13.0 Å². The predicted molar refractivity (Wildman–Crippen MR) is 71.8 cm³/mol. The highest BCUT2D eigenvalue weighted by Gasteiger charge is 2.39. The third-order valence-electron chi connectivity index (χ3n) is 4.05. The zero-order chi connectivity index (χ0) is 14.3. The summed E-state index contributed by atoms with van der Waals surface area (Å²) < 4.78 is 26.4. The first-order chi connectivity index (χ1) is 9.48. The van der Waals surface area contributed by atoms with Crippen LogP contribution in [0.2, 0.25) is 0 Å².